The van der Waals surface area contributed by atoms with Crippen LogP contribution in [0.15, 0.2) is 60.7 Å². The van der Waals surface area contributed by atoms with Crippen molar-refractivity contribution in [2.75, 3.05) is 20.3 Å². The molecule has 12 heteroatoms. The van der Waals surface area contributed by atoms with Gasteiger partial charge in [-0.25, -0.2) is 13.1 Å². The first-order valence-corrected chi connectivity index (χ1v) is 12.2. The second kappa shape index (κ2) is 9.70. The highest BCUT2D eigenvalue weighted by molar-refractivity contribution is 7.90. The maximum absolute atomic E-state index is 12.6. The monoisotopic (exact) mass is 521 g/mol. The number of amides is 1. The van der Waals surface area contributed by atoms with Gasteiger partial charge in [-0.1, -0.05) is 36.4 Å². The lowest BCUT2D eigenvalue weighted by Crippen LogP contribution is -2.38. The average Bonchev–Trinajstić information content (AvgIpc) is 3.15. The summed E-state index contributed by atoms with van der Waals surface area (Å²) >= 11 is 0. The highest BCUT2D eigenvalue weighted by Gasteiger charge is 2.45. The van der Waals surface area contributed by atoms with Crippen LogP contribution in [0.5, 0.6) is 11.5 Å². The van der Waals surface area contributed by atoms with E-state index < -0.39 is 34.6 Å². The number of nitrogens with zero attached hydrogens (tertiary/aromatic N) is 1. The summed E-state index contributed by atoms with van der Waals surface area (Å²) in [7, 11) is -4.06. The lowest BCUT2D eigenvalue weighted by Gasteiger charge is -2.13. The number of nitrogens with two attached hydrogens (primary N) is 1. The molecule has 0 unspecified atom stereocenters. The first kappa shape index (κ1) is 25.3. The number of primary amides is 1. The van der Waals surface area contributed by atoms with Gasteiger partial charge in [0.15, 0.2) is 0 Å². The van der Waals surface area contributed by atoms with Crippen molar-refractivity contribution in [3.63, 3.8) is 0 Å². The first-order chi connectivity index (χ1) is 17.0. The highest BCUT2D eigenvalue weighted by atomic mass is 32.2. The molecule has 0 aliphatic heterocycles. The summed E-state index contributed by atoms with van der Waals surface area (Å²) in [6.07, 6.45) is 0. The Morgan fingerprint density at radius 3 is 2.39 bits per heavy atom. The molecule has 0 atom stereocenters. The zero-order valence-electron chi connectivity index (χ0n) is 19.0. The van der Waals surface area contributed by atoms with Crippen LogP contribution in [-0.4, -0.2) is 44.7 Å². The molecule has 4 rings (SSSR count). The van der Waals surface area contributed by atoms with E-state index in [2.05, 4.69) is 0 Å². The number of alkyl halides is 3. The van der Waals surface area contributed by atoms with E-state index in [0.717, 1.165) is 5.56 Å². The van der Waals surface area contributed by atoms with Crippen LogP contribution in [0.1, 0.15) is 15.9 Å². The summed E-state index contributed by atoms with van der Waals surface area (Å²) in [6, 6.07) is 17.9. The van der Waals surface area contributed by atoms with Gasteiger partial charge in [0.25, 0.3) is 0 Å². The van der Waals surface area contributed by atoms with Crippen molar-refractivity contribution in [2.45, 2.75) is 12.1 Å². The Morgan fingerprint density at radius 1 is 1.03 bits per heavy atom. The normalized spacial score (nSPS) is 12.2. The number of rotatable bonds is 9. The Labute approximate surface area is 204 Å². The summed E-state index contributed by atoms with van der Waals surface area (Å²) < 4.78 is 75.0. The number of methoxy groups -OCH3 is 1. The number of halogens is 3. The van der Waals surface area contributed by atoms with E-state index in [0.29, 0.717) is 34.1 Å². The minimum absolute atomic E-state index is 0.195. The van der Waals surface area contributed by atoms with Gasteiger partial charge in [0.05, 0.1) is 23.5 Å². The van der Waals surface area contributed by atoms with Gasteiger partial charge < -0.3 is 19.8 Å². The fraction of sp³-hybridized carbons (Fsp3) is 0.208. The van der Waals surface area contributed by atoms with Crippen LogP contribution in [0.4, 0.5) is 13.2 Å². The van der Waals surface area contributed by atoms with Crippen molar-refractivity contribution >= 4 is 37.7 Å². The van der Waals surface area contributed by atoms with Gasteiger partial charge in [-0.15, -0.1) is 0 Å². The largest absolute Gasteiger partial charge is 0.511 e. The topological polar surface area (TPSA) is 113 Å². The predicted octanol–water partition coefficient (Wildman–Crippen LogP) is 3.77. The van der Waals surface area contributed by atoms with Crippen LogP contribution in [0, 0.1) is 0 Å². The highest BCUT2D eigenvalue weighted by Crippen LogP contribution is 2.40. The molecule has 0 saturated heterocycles. The Morgan fingerprint density at radius 2 is 1.75 bits per heavy atom. The lowest BCUT2D eigenvalue weighted by atomic mass is 10.1. The van der Waals surface area contributed by atoms with Gasteiger partial charge in [-0.2, -0.15) is 13.2 Å². The quantitative estimate of drug-likeness (QED) is 0.326. The van der Waals surface area contributed by atoms with E-state index in [-0.39, 0.29) is 11.3 Å². The van der Waals surface area contributed by atoms with Gasteiger partial charge in [0.1, 0.15) is 18.1 Å². The van der Waals surface area contributed by atoms with Crippen LogP contribution >= 0.6 is 0 Å². The zero-order chi connectivity index (χ0) is 26.1. The number of carbonyl (C=O) groups is 1. The SMILES string of the molecule is COc1cc(OCCNS(=O)(=O)C(F)(F)F)c2c3c(C(N)=O)cccc3n(Cc3ccccc3)c2c1. The molecule has 3 aromatic carbocycles. The van der Waals surface area contributed by atoms with Crippen molar-refractivity contribution in [3.05, 3.63) is 71.8 Å². The van der Waals surface area contributed by atoms with Gasteiger partial charge in [-0.3, -0.25) is 4.79 Å². The minimum atomic E-state index is -5.51. The number of aromatic nitrogens is 1. The number of ether oxygens (including phenoxy) is 2. The number of hydrogen-bond acceptors (Lipinski definition) is 5. The van der Waals surface area contributed by atoms with Crippen LogP contribution in [0.25, 0.3) is 21.8 Å². The van der Waals surface area contributed by atoms with E-state index in [9.17, 15) is 26.4 Å². The number of carbonyl (C=O) groups excluding carboxylic acids is 1. The van der Waals surface area contributed by atoms with E-state index in [1.165, 1.54) is 17.9 Å². The summed E-state index contributed by atoms with van der Waals surface area (Å²) in [5.41, 5.74) is 2.75. The molecule has 3 N–H and O–H groups in total. The van der Waals surface area contributed by atoms with Crippen molar-refractivity contribution in [1.82, 2.24) is 9.29 Å². The summed E-state index contributed by atoms with van der Waals surface area (Å²) in [5, 5.41) is 0.999. The molecule has 36 heavy (non-hydrogen) atoms. The number of hydrogen-bond donors (Lipinski definition) is 2. The maximum atomic E-state index is 12.6. The second-order valence-electron chi connectivity index (χ2n) is 7.85. The summed E-state index contributed by atoms with van der Waals surface area (Å²) in [4.78, 5) is 12.3. The zero-order valence-corrected chi connectivity index (χ0v) is 19.8. The standard InChI is InChI=1S/C24H22F3N3O5S/c1-34-16-12-19-22(20(13-16)35-11-10-29-36(32,33)24(25,26)27)21-17(23(28)31)8-5-9-18(21)30(19)14-15-6-3-2-4-7-15/h2-9,12-13,29H,10-11,14H2,1H3,(H2,28,31). The van der Waals surface area contributed by atoms with Gasteiger partial charge in [0, 0.05) is 36.2 Å². The van der Waals surface area contributed by atoms with Crippen molar-refractivity contribution < 1.29 is 35.9 Å². The third kappa shape index (κ3) is 4.82. The van der Waals surface area contributed by atoms with Crippen LogP contribution in [-0.2, 0) is 16.6 Å². The maximum Gasteiger partial charge on any atom is 0.511 e. The third-order valence-electron chi connectivity index (χ3n) is 5.57. The molecule has 0 aliphatic rings. The van der Waals surface area contributed by atoms with Crippen LogP contribution in [0.3, 0.4) is 0 Å². The van der Waals surface area contributed by atoms with Crippen molar-refractivity contribution in [3.8, 4) is 11.5 Å². The van der Waals surface area contributed by atoms with Gasteiger partial charge in [-0.05, 0) is 17.7 Å². The first-order valence-electron chi connectivity index (χ1n) is 10.7. The van der Waals surface area contributed by atoms with Crippen molar-refractivity contribution in [1.29, 1.82) is 0 Å². The Balaban J connectivity index is 1.84. The molecule has 1 heterocycles. The van der Waals surface area contributed by atoms with Crippen LogP contribution in [0.2, 0.25) is 0 Å². The Bertz CT molecular complexity index is 1530. The number of fused-ring (bicyclic) bond motifs is 3. The Hall–Kier alpha value is -3.77. The van der Waals surface area contributed by atoms with E-state index in [4.69, 9.17) is 15.2 Å². The van der Waals surface area contributed by atoms with E-state index in [1.807, 2.05) is 41.0 Å². The minimum Gasteiger partial charge on any atom is -0.497 e. The Kier molecular flexibility index (Phi) is 6.83. The van der Waals surface area contributed by atoms with Gasteiger partial charge >= 0.3 is 15.5 Å². The summed E-state index contributed by atoms with van der Waals surface area (Å²) in [5.74, 6) is -0.0775. The van der Waals surface area contributed by atoms with E-state index >= 15 is 0 Å². The molecule has 0 radical (unpaired) electrons. The number of sulfonamides is 1. The van der Waals surface area contributed by atoms with Crippen molar-refractivity contribution in [2.24, 2.45) is 5.73 Å². The molecule has 4 aromatic rings. The molecule has 1 aromatic heterocycles. The number of benzene rings is 3. The smallest absolute Gasteiger partial charge is 0.497 e. The fourth-order valence-corrected chi connectivity index (χ4v) is 4.51. The van der Waals surface area contributed by atoms with E-state index in [1.54, 1.807) is 18.2 Å². The molecule has 0 aliphatic carbocycles. The van der Waals surface area contributed by atoms with Gasteiger partial charge in [0.2, 0.25) is 5.91 Å². The third-order valence-corrected chi connectivity index (χ3v) is 6.76. The lowest BCUT2D eigenvalue weighted by molar-refractivity contribution is -0.0448. The average molecular weight is 522 g/mol. The van der Waals surface area contributed by atoms with Crippen LogP contribution < -0.4 is 19.9 Å². The molecule has 1 amide bonds. The molecule has 8 nitrogen and oxygen atoms in total. The second-order valence-corrected chi connectivity index (χ2v) is 9.61. The molecular formula is C24H22F3N3O5S. The summed E-state index contributed by atoms with van der Waals surface area (Å²) in [6.45, 7) is -0.616. The predicted molar refractivity (Wildman–Crippen MR) is 129 cm³/mol. The molecule has 0 bridgehead atoms. The molecule has 0 spiro atoms. The molecule has 0 fully saturated rings. The molecule has 190 valence electrons. The molecule has 0 saturated carbocycles. The fourth-order valence-electron chi connectivity index (χ4n) is 3.99. The molecular weight excluding hydrogens is 499 g/mol. The number of nitrogens with one attached hydrogen (secondary N) is 1.